The summed E-state index contributed by atoms with van der Waals surface area (Å²) in [6.45, 7) is 7.62. The van der Waals surface area contributed by atoms with E-state index >= 15 is 0 Å². The second kappa shape index (κ2) is 9.94. The lowest BCUT2D eigenvalue weighted by Crippen LogP contribution is -2.29. The number of benzene rings is 2. The number of hydrogen-bond donors (Lipinski definition) is 0. The predicted molar refractivity (Wildman–Crippen MR) is 121 cm³/mol. The van der Waals surface area contributed by atoms with Crippen molar-refractivity contribution in [2.24, 2.45) is 0 Å². The van der Waals surface area contributed by atoms with Gasteiger partial charge in [-0.2, -0.15) is 10.2 Å². The van der Waals surface area contributed by atoms with E-state index in [0.29, 0.717) is 28.6 Å². The molecule has 0 aliphatic carbocycles. The molecular weight excluding hydrogens is 404 g/mol. The molecule has 7 heteroatoms. The maximum atomic E-state index is 9.48. The second-order valence-electron chi connectivity index (χ2n) is 8.23. The number of fused-ring (bicyclic) bond motifs is 1. The summed E-state index contributed by atoms with van der Waals surface area (Å²) < 4.78 is 16.4. The zero-order chi connectivity index (χ0) is 22.5. The van der Waals surface area contributed by atoms with Gasteiger partial charge in [-0.25, -0.2) is 0 Å². The highest BCUT2D eigenvalue weighted by atomic mass is 16.5. The fraction of sp³-hybridized carbons (Fsp3) is 0.400. The van der Waals surface area contributed by atoms with Crippen molar-refractivity contribution in [2.75, 3.05) is 33.4 Å². The van der Waals surface area contributed by atoms with Crippen LogP contribution in [0, 0.1) is 11.3 Å². The highest BCUT2D eigenvalue weighted by molar-refractivity contribution is 5.64. The van der Waals surface area contributed by atoms with E-state index in [9.17, 15) is 5.26 Å². The fourth-order valence-electron chi connectivity index (χ4n) is 3.92. The van der Waals surface area contributed by atoms with Gasteiger partial charge in [0.15, 0.2) is 0 Å². The van der Waals surface area contributed by atoms with Crippen LogP contribution in [0.3, 0.4) is 0 Å². The van der Waals surface area contributed by atoms with E-state index < -0.39 is 0 Å². The van der Waals surface area contributed by atoms with Crippen LogP contribution in [0.2, 0.25) is 0 Å². The van der Waals surface area contributed by atoms with Crippen molar-refractivity contribution in [2.45, 2.75) is 32.8 Å². The lowest BCUT2D eigenvalue weighted by atomic mass is 10.00. The molecule has 3 aromatic rings. The molecule has 2 aromatic carbocycles. The van der Waals surface area contributed by atoms with Gasteiger partial charge in [-0.05, 0) is 62.1 Å². The predicted octanol–water partition coefficient (Wildman–Crippen LogP) is 4.11. The first-order valence-corrected chi connectivity index (χ1v) is 11.0. The molecule has 0 amide bonds. The molecule has 0 spiro atoms. The largest absolute Gasteiger partial charge is 0.490 e. The third-order valence-electron chi connectivity index (χ3n) is 5.61. The minimum absolute atomic E-state index is 0.0109. The van der Waals surface area contributed by atoms with Crippen molar-refractivity contribution >= 4 is 0 Å². The third kappa shape index (κ3) is 4.98. The van der Waals surface area contributed by atoms with Gasteiger partial charge >= 0.3 is 0 Å². The van der Waals surface area contributed by atoms with E-state index in [1.807, 2.05) is 19.9 Å². The molecule has 2 heterocycles. The van der Waals surface area contributed by atoms with Gasteiger partial charge in [-0.1, -0.05) is 17.3 Å². The number of methoxy groups -OCH3 is 1. The van der Waals surface area contributed by atoms with Gasteiger partial charge in [0.25, 0.3) is 5.89 Å². The summed E-state index contributed by atoms with van der Waals surface area (Å²) in [5.41, 5.74) is 4.77. The molecule has 32 heavy (non-hydrogen) atoms. The van der Waals surface area contributed by atoms with Gasteiger partial charge in [0.05, 0.1) is 18.3 Å². The molecule has 1 aromatic heterocycles. The van der Waals surface area contributed by atoms with Crippen molar-refractivity contribution in [1.82, 2.24) is 15.0 Å². The molecule has 0 saturated carbocycles. The summed E-state index contributed by atoms with van der Waals surface area (Å²) >= 11 is 0. The Balaban J connectivity index is 1.54. The maximum absolute atomic E-state index is 9.48. The van der Waals surface area contributed by atoms with Gasteiger partial charge < -0.3 is 18.9 Å². The SMILES string of the molecule is COCCN1CCc2ccc(-c3noc(-c4ccc(OC(C)C)c(C#N)c4)n3)cc2CC1. The van der Waals surface area contributed by atoms with Gasteiger partial charge in [0, 0.05) is 37.9 Å². The van der Waals surface area contributed by atoms with Crippen LogP contribution in [-0.4, -0.2) is 54.5 Å². The summed E-state index contributed by atoms with van der Waals surface area (Å²) in [5.74, 6) is 1.48. The zero-order valence-electron chi connectivity index (χ0n) is 18.8. The van der Waals surface area contributed by atoms with Crippen molar-refractivity contribution in [3.8, 4) is 34.7 Å². The van der Waals surface area contributed by atoms with Gasteiger partial charge in [0.2, 0.25) is 5.82 Å². The van der Waals surface area contributed by atoms with Crippen LogP contribution in [0.1, 0.15) is 30.5 Å². The van der Waals surface area contributed by atoms with Crippen LogP contribution < -0.4 is 4.74 Å². The Kier molecular flexibility index (Phi) is 6.84. The highest BCUT2D eigenvalue weighted by Gasteiger charge is 2.17. The molecule has 4 rings (SSSR count). The normalized spacial score (nSPS) is 14.1. The molecule has 0 saturated heterocycles. The first-order valence-electron chi connectivity index (χ1n) is 11.0. The van der Waals surface area contributed by atoms with Crippen LogP contribution in [0.15, 0.2) is 40.9 Å². The number of rotatable bonds is 7. The third-order valence-corrected chi connectivity index (χ3v) is 5.61. The summed E-state index contributed by atoms with van der Waals surface area (Å²) in [7, 11) is 1.74. The topological polar surface area (TPSA) is 84.4 Å². The molecule has 1 aliphatic heterocycles. The summed E-state index contributed by atoms with van der Waals surface area (Å²) in [5, 5.41) is 13.7. The summed E-state index contributed by atoms with van der Waals surface area (Å²) in [6.07, 6.45) is 2.00. The van der Waals surface area contributed by atoms with Crippen molar-refractivity contribution in [1.29, 1.82) is 5.26 Å². The Hall–Kier alpha value is -3.21. The van der Waals surface area contributed by atoms with E-state index in [4.69, 9.17) is 14.0 Å². The molecule has 0 N–H and O–H groups in total. The zero-order valence-corrected chi connectivity index (χ0v) is 18.8. The molecule has 0 atom stereocenters. The average Bonchev–Trinajstić information content (AvgIpc) is 3.20. The van der Waals surface area contributed by atoms with E-state index in [1.54, 1.807) is 19.2 Å². The quantitative estimate of drug-likeness (QED) is 0.555. The number of ether oxygens (including phenoxy) is 2. The summed E-state index contributed by atoms with van der Waals surface area (Å²) in [4.78, 5) is 7.03. The van der Waals surface area contributed by atoms with Crippen LogP contribution in [0.25, 0.3) is 22.8 Å². The molecule has 0 radical (unpaired) electrons. The molecule has 0 bridgehead atoms. The Bertz CT molecular complexity index is 1120. The van der Waals surface area contributed by atoms with Crippen LogP contribution in [0.4, 0.5) is 0 Å². The Labute approximate surface area is 188 Å². The molecule has 166 valence electrons. The van der Waals surface area contributed by atoms with Crippen molar-refractivity contribution in [3.63, 3.8) is 0 Å². The number of aromatic nitrogens is 2. The van der Waals surface area contributed by atoms with E-state index in [1.165, 1.54) is 11.1 Å². The first kappa shape index (κ1) is 22.0. The van der Waals surface area contributed by atoms with E-state index in [0.717, 1.165) is 44.6 Å². The number of nitrogens with zero attached hydrogens (tertiary/aromatic N) is 4. The van der Waals surface area contributed by atoms with Crippen LogP contribution in [-0.2, 0) is 17.6 Å². The van der Waals surface area contributed by atoms with Crippen LogP contribution >= 0.6 is 0 Å². The lowest BCUT2D eigenvalue weighted by molar-refractivity contribution is 0.150. The Morgan fingerprint density at radius 2 is 1.88 bits per heavy atom. The smallest absolute Gasteiger partial charge is 0.258 e. The van der Waals surface area contributed by atoms with E-state index in [2.05, 4.69) is 39.3 Å². The van der Waals surface area contributed by atoms with Crippen LogP contribution in [0.5, 0.6) is 5.75 Å². The maximum Gasteiger partial charge on any atom is 0.258 e. The number of nitriles is 1. The highest BCUT2D eigenvalue weighted by Crippen LogP contribution is 2.29. The van der Waals surface area contributed by atoms with Gasteiger partial charge in [0.1, 0.15) is 11.8 Å². The standard InChI is InChI=1S/C25H28N4O3/c1-17(2)31-23-7-6-21(15-22(23)16-26)25-27-24(28-32-25)20-5-4-18-8-10-29(12-13-30-3)11-9-19(18)14-20/h4-7,14-15,17H,8-13H2,1-3H3. The molecule has 0 fully saturated rings. The Morgan fingerprint density at radius 3 is 2.62 bits per heavy atom. The molecule has 1 aliphatic rings. The molecule has 0 unspecified atom stereocenters. The van der Waals surface area contributed by atoms with Crippen molar-refractivity contribution < 1.29 is 14.0 Å². The minimum atomic E-state index is -0.0109. The van der Waals surface area contributed by atoms with E-state index in [-0.39, 0.29) is 6.10 Å². The Morgan fingerprint density at radius 1 is 1.09 bits per heavy atom. The van der Waals surface area contributed by atoms with Crippen molar-refractivity contribution in [3.05, 3.63) is 53.1 Å². The molecular formula is C25H28N4O3. The summed E-state index contributed by atoms with van der Waals surface area (Å²) in [6, 6.07) is 13.9. The number of hydrogen-bond acceptors (Lipinski definition) is 7. The minimum Gasteiger partial charge on any atom is -0.490 e. The average molecular weight is 433 g/mol. The monoisotopic (exact) mass is 432 g/mol. The fourth-order valence-corrected chi connectivity index (χ4v) is 3.92. The molecule has 7 nitrogen and oxygen atoms in total. The first-order chi connectivity index (χ1) is 15.6. The van der Waals surface area contributed by atoms with Gasteiger partial charge in [-0.15, -0.1) is 0 Å². The van der Waals surface area contributed by atoms with Gasteiger partial charge in [-0.3, -0.25) is 0 Å². The lowest BCUT2D eigenvalue weighted by Gasteiger charge is -2.18. The second-order valence-corrected chi connectivity index (χ2v) is 8.23.